The maximum Gasteiger partial charge on any atom is 0.272 e. The summed E-state index contributed by atoms with van der Waals surface area (Å²) in [5, 5.41) is 12.9. The van der Waals surface area contributed by atoms with Crippen molar-refractivity contribution < 1.29 is 22.4 Å². The Morgan fingerprint density at radius 3 is 2.62 bits per heavy atom. The largest absolute Gasteiger partial charge is 0.467 e. The number of carbonyl (C=O) groups excluding carboxylic acids is 2. The molecule has 39 heavy (non-hydrogen) atoms. The molecule has 0 aliphatic heterocycles. The van der Waals surface area contributed by atoms with Crippen LogP contribution in [0.1, 0.15) is 24.2 Å². The van der Waals surface area contributed by atoms with Crippen LogP contribution in [0, 0.1) is 0 Å². The summed E-state index contributed by atoms with van der Waals surface area (Å²) in [4.78, 5) is 42.4. The van der Waals surface area contributed by atoms with Gasteiger partial charge in [0, 0.05) is 19.5 Å². The van der Waals surface area contributed by atoms with Crippen LogP contribution in [0.15, 0.2) is 73.4 Å². The Morgan fingerprint density at radius 1 is 1.10 bits per heavy atom. The van der Waals surface area contributed by atoms with Gasteiger partial charge in [0.1, 0.15) is 10.5 Å². The predicted molar refractivity (Wildman–Crippen MR) is 149 cm³/mol. The highest BCUT2D eigenvalue weighted by Gasteiger charge is 2.15. The minimum atomic E-state index is -3.74. The van der Waals surface area contributed by atoms with E-state index in [0.29, 0.717) is 40.5 Å². The molecule has 206 valence electrons. The lowest BCUT2D eigenvalue weighted by Crippen LogP contribution is -2.28. The fourth-order valence-corrected chi connectivity index (χ4v) is 5.84. The first-order valence-corrected chi connectivity index (χ1v) is 15.4. The van der Waals surface area contributed by atoms with E-state index in [1.54, 1.807) is 35.7 Å². The highest BCUT2D eigenvalue weighted by molar-refractivity contribution is 7.99. The van der Waals surface area contributed by atoms with E-state index >= 15 is 0 Å². The van der Waals surface area contributed by atoms with E-state index < -0.39 is 10.0 Å². The number of sulfonamides is 1. The van der Waals surface area contributed by atoms with Gasteiger partial charge in [-0.2, -0.15) is 0 Å². The number of hydrogen-bond donors (Lipinski definition) is 3. The van der Waals surface area contributed by atoms with Crippen LogP contribution in [-0.4, -0.2) is 42.1 Å². The standard InChI is InChI=1S/C25H27N5O6S3/c26-39(34,35)19-7-5-17(6-8-19)9-11-27-21(31)4-1-12-30-24(33)23-20(10-14-37-23)29-25(30)38-16-22(32)28-15-18-3-2-13-36-18/h2-3,5-8,10,13-14H,1,4,9,11-12,15-16H2,(H,27,31)(H,28,32)(H2,26,34,35). The van der Waals surface area contributed by atoms with E-state index in [-0.39, 0.29) is 47.5 Å². The van der Waals surface area contributed by atoms with Gasteiger partial charge < -0.3 is 15.1 Å². The lowest BCUT2D eigenvalue weighted by Gasteiger charge is -2.12. The van der Waals surface area contributed by atoms with Gasteiger partial charge in [-0.25, -0.2) is 18.5 Å². The topological polar surface area (TPSA) is 166 Å². The van der Waals surface area contributed by atoms with Crippen LogP contribution in [0.5, 0.6) is 0 Å². The number of nitrogens with one attached hydrogen (secondary N) is 2. The van der Waals surface area contributed by atoms with Gasteiger partial charge >= 0.3 is 0 Å². The van der Waals surface area contributed by atoms with Gasteiger partial charge in [0.15, 0.2) is 5.16 Å². The maximum atomic E-state index is 13.1. The van der Waals surface area contributed by atoms with E-state index in [1.807, 2.05) is 0 Å². The first-order valence-electron chi connectivity index (χ1n) is 12.0. The molecule has 4 aromatic rings. The monoisotopic (exact) mass is 589 g/mol. The Morgan fingerprint density at radius 2 is 1.90 bits per heavy atom. The van der Waals surface area contributed by atoms with Gasteiger partial charge in [0.05, 0.1) is 29.0 Å². The third kappa shape index (κ3) is 8.02. The fraction of sp³-hybridized carbons (Fsp3) is 0.280. The van der Waals surface area contributed by atoms with Crippen LogP contribution in [0.4, 0.5) is 0 Å². The Kier molecular flexibility index (Phi) is 9.56. The van der Waals surface area contributed by atoms with Gasteiger partial charge in [0.2, 0.25) is 21.8 Å². The van der Waals surface area contributed by atoms with Crippen molar-refractivity contribution in [2.45, 2.75) is 42.4 Å². The molecule has 0 aliphatic carbocycles. The van der Waals surface area contributed by atoms with Crippen LogP contribution in [0.2, 0.25) is 0 Å². The number of rotatable bonds is 13. The first-order chi connectivity index (χ1) is 18.7. The molecule has 0 bridgehead atoms. The lowest BCUT2D eigenvalue weighted by atomic mass is 10.1. The summed E-state index contributed by atoms with van der Waals surface area (Å²) in [6.45, 7) is 0.926. The molecule has 4 rings (SSSR count). The quantitative estimate of drug-likeness (QED) is 0.158. The Hall–Kier alpha value is -3.46. The number of nitrogens with two attached hydrogens (primary N) is 1. The minimum absolute atomic E-state index is 0.0350. The summed E-state index contributed by atoms with van der Waals surface area (Å²) in [7, 11) is -3.74. The van der Waals surface area contributed by atoms with E-state index in [1.165, 1.54) is 46.1 Å². The van der Waals surface area contributed by atoms with Crippen LogP contribution in [0.3, 0.4) is 0 Å². The van der Waals surface area contributed by atoms with E-state index in [9.17, 15) is 22.8 Å². The summed E-state index contributed by atoms with van der Waals surface area (Å²) in [6.07, 6.45) is 2.67. The van der Waals surface area contributed by atoms with E-state index in [4.69, 9.17) is 9.56 Å². The second-order valence-corrected chi connectivity index (χ2v) is 11.9. The summed E-state index contributed by atoms with van der Waals surface area (Å²) >= 11 is 2.47. The molecule has 0 saturated heterocycles. The molecule has 0 saturated carbocycles. The number of thioether (sulfide) groups is 1. The number of primary sulfonamides is 1. The second-order valence-electron chi connectivity index (χ2n) is 8.52. The Balaban J connectivity index is 1.28. The Labute approximate surface area is 232 Å². The zero-order valence-electron chi connectivity index (χ0n) is 20.8. The summed E-state index contributed by atoms with van der Waals surface area (Å²) < 4.78 is 30.0. The molecule has 1 aromatic carbocycles. The number of nitrogens with zero attached hydrogens (tertiary/aromatic N) is 2. The van der Waals surface area contributed by atoms with E-state index in [0.717, 1.165) is 5.56 Å². The van der Waals surface area contributed by atoms with Crippen LogP contribution >= 0.6 is 23.1 Å². The molecule has 0 radical (unpaired) electrons. The first kappa shape index (κ1) is 28.5. The zero-order chi connectivity index (χ0) is 27.8. The highest BCUT2D eigenvalue weighted by Crippen LogP contribution is 2.21. The third-order valence-corrected chi connectivity index (χ3v) is 8.47. The third-order valence-electron chi connectivity index (χ3n) is 5.68. The molecule has 3 heterocycles. The molecule has 14 heteroatoms. The molecular formula is C25H27N5O6S3. The molecule has 0 unspecified atom stereocenters. The average Bonchev–Trinajstić information content (AvgIpc) is 3.60. The number of hydrogen-bond acceptors (Lipinski definition) is 9. The van der Waals surface area contributed by atoms with E-state index in [2.05, 4.69) is 15.6 Å². The van der Waals surface area contributed by atoms with Crippen LogP contribution in [0.25, 0.3) is 10.2 Å². The lowest BCUT2D eigenvalue weighted by molar-refractivity contribution is -0.121. The normalized spacial score (nSPS) is 11.5. The molecule has 0 atom stereocenters. The molecule has 3 aromatic heterocycles. The molecule has 0 spiro atoms. The van der Waals surface area contributed by atoms with Crippen molar-refractivity contribution in [2.75, 3.05) is 12.3 Å². The molecule has 0 fully saturated rings. The van der Waals surface area contributed by atoms with Crippen LogP contribution in [-0.2, 0) is 39.1 Å². The smallest absolute Gasteiger partial charge is 0.272 e. The van der Waals surface area contributed by atoms with Gasteiger partial charge in [0.25, 0.3) is 5.56 Å². The van der Waals surface area contributed by atoms with Crippen molar-refractivity contribution in [3.8, 4) is 0 Å². The molecule has 11 nitrogen and oxygen atoms in total. The number of benzene rings is 1. The summed E-state index contributed by atoms with van der Waals surface area (Å²) in [6, 6.07) is 11.4. The number of amides is 2. The number of aromatic nitrogens is 2. The average molecular weight is 590 g/mol. The summed E-state index contributed by atoms with van der Waals surface area (Å²) in [5.74, 6) is 0.324. The number of furan rings is 1. The molecule has 0 aliphatic rings. The van der Waals surface area contributed by atoms with Crippen molar-refractivity contribution in [1.82, 2.24) is 20.2 Å². The summed E-state index contributed by atoms with van der Waals surface area (Å²) in [5.41, 5.74) is 1.24. The number of thiophene rings is 1. The van der Waals surface area contributed by atoms with Crippen molar-refractivity contribution in [1.29, 1.82) is 0 Å². The van der Waals surface area contributed by atoms with Gasteiger partial charge in [-0.15, -0.1) is 11.3 Å². The number of carbonyl (C=O) groups is 2. The maximum absolute atomic E-state index is 13.1. The van der Waals surface area contributed by atoms with Crippen molar-refractivity contribution >= 4 is 55.2 Å². The van der Waals surface area contributed by atoms with Crippen molar-refractivity contribution in [2.24, 2.45) is 5.14 Å². The second kappa shape index (κ2) is 13.1. The zero-order valence-corrected chi connectivity index (χ0v) is 23.2. The van der Waals surface area contributed by atoms with Crippen molar-refractivity contribution in [3.05, 3.63) is 75.8 Å². The predicted octanol–water partition coefficient (Wildman–Crippen LogP) is 2.25. The SMILES string of the molecule is NS(=O)(=O)c1ccc(CCNC(=O)CCCn2c(SCC(=O)NCc3ccco3)nc3ccsc3c2=O)cc1. The van der Waals surface area contributed by atoms with Gasteiger partial charge in [-0.05, 0) is 54.1 Å². The van der Waals surface area contributed by atoms with Gasteiger partial charge in [-0.3, -0.25) is 19.0 Å². The Bertz CT molecular complexity index is 1600. The number of fused-ring (bicyclic) bond motifs is 1. The highest BCUT2D eigenvalue weighted by atomic mass is 32.2. The molecule has 2 amide bonds. The van der Waals surface area contributed by atoms with Crippen molar-refractivity contribution in [3.63, 3.8) is 0 Å². The molecule has 4 N–H and O–H groups in total. The molecular weight excluding hydrogens is 563 g/mol. The fourth-order valence-electron chi connectivity index (χ4n) is 3.69. The minimum Gasteiger partial charge on any atom is -0.467 e. The van der Waals surface area contributed by atoms with Gasteiger partial charge in [-0.1, -0.05) is 23.9 Å². The van der Waals surface area contributed by atoms with Crippen LogP contribution < -0.4 is 21.3 Å².